The third-order valence-electron chi connectivity index (χ3n) is 1.12. The van der Waals surface area contributed by atoms with Crippen molar-refractivity contribution in [2.24, 2.45) is 0 Å². The number of hydrogen-bond acceptors (Lipinski definition) is 0. The van der Waals surface area contributed by atoms with Crippen LogP contribution in [0.5, 0.6) is 0 Å². The van der Waals surface area contributed by atoms with E-state index in [-0.39, 0.29) is 5.82 Å². The Labute approximate surface area is 62.6 Å². The molecule has 0 N–H and O–H groups in total. The highest BCUT2D eigenvalue weighted by Crippen LogP contribution is 2.06. The lowest BCUT2D eigenvalue weighted by Crippen LogP contribution is -2.06. The summed E-state index contributed by atoms with van der Waals surface area (Å²) >= 11 is 3.23. The molecule has 0 aliphatic rings. The zero-order valence-corrected chi connectivity index (χ0v) is 6.57. The van der Waals surface area contributed by atoms with Crippen molar-refractivity contribution in [3.05, 3.63) is 28.5 Å². The normalized spacial score (nSPS) is 9.56. The Morgan fingerprint density at radius 3 is 2.56 bits per heavy atom. The second kappa shape index (κ2) is 2.52. The zero-order valence-electron chi connectivity index (χ0n) is 4.99. The quantitative estimate of drug-likeness (QED) is 0.528. The Balaban J connectivity index is 3.17. The standard InChI is InChI=1S/C6H5BBrF/c7-5-3-4(8)1-2-6(5)9/h1-3H,7H2. The van der Waals surface area contributed by atoms with Gasteiger partial charge < -0.3 is 0 Å². The molecule has 0 radical (unpaired) electrons. The summed E-state index contributed by atoms with van der Waals surface area (Å²) in [5, 5.41) is 0. The van der Waals surface area contributed by atoms with E-state index in [1.807, 2.05) is 0 Å². The zero-order chi connectivity index (χ0) is 6.85. The van der Waals surface area contributed by atoms with Crippen molar-refractivity contribution < 1.29 is 4.39 Å². The molecule has 0 spiro atoms. The Bertz CT molecular complexity index is 224. The van der Waals surface area contributed by atoms with Crippen LogP contribution >= 0.6 is 15.9 Å². The van der Waals surface area contributed by atoms with Crippen LogP contribution in [0.1, 0.15) is 0 Å². The molecule has 0 atom stereocenters. The number of rotatable bonds is 0. The van der Waals surface area contributed by atoms with Gasteiger partial charge in [0, 0.05) is 4.47 Å². The van der Waals surface area contributed by atoms with E-state index < -0.39 is 0 Å². The molecule has 0 unspecified atom stereocenters. The first-order valence-corrected chi connectivity index (χ1v) is 3.41. The summed E-state index contributed by atoms with van der Waals surface area (Å²) in [5.74, 6) is -0.154. The van der Waals surface area contributed by atoms with Crippen molar-refractivity contribution >= 4 is 29.2 Å². The Morgan fingerprint density at radius 2 is 2.11 bits per heavy atom. The fourth-order valence-electron chi connectivity index (χ4n) is 0.608. The first kappa shape index (κ1) is 6.81. The molecule has 46 valence electrons. The molecule has 0 saturated heterocycles. The molecule has 0 bridgehead atoms. The molecule has 1 rings (SSSR count). The first-order chi connectivity index (χ1) is 4.20. The lowest BCUT2D eigenvalue weighted by Gasteiger charge is -1.93. The largest absolute Gasteiger partial charge is 0.208 e. The van der Waals surface area contributed by atoms with Gasteiger partial charge in [-0.05, 0) is 12.1 Å². The van der Waals surface area contributed by atoms with Gasteiger partial charge in [0.1, 0.15) is 13.7 Å². The van der Waals surface area contributed by atoms with Crippen LogP contribution < -0.4 is 5.46 Å². The molecular weight excluding hydrogens is 182 g/mol. The minimum Gasteiger partial charge on any atom is -0.208 e. The highest BCUT2D eigenvalue weighted by Gasteiger charge is 1.93. The summed E-state index contributed by atoms with van der Waals surface area (Å²) in [6.07, 6.45) is 0. The predicted octanol–water partition coefficient (Wildman–Crippen LogP) is 0.847. The molecule has 1 aromatic carbocycles. The Hall–Kier alpha value is -0.305. The second-order valence-corrected chi connectivity index (χ2v) is 2.81. The van der Waals surface area contributed by atoms with Gasteiger partial charge in [-0.3, -0.25) is 0 Å². The van der Waals surface area contributed by atoms with E-state index in [1.54, 1.807) is 20.0 Å². The SMILES string of the molecule is Bc1cc(Br)ccc1F. The average Bonchev–Trinajstić information content (AvgIpc) is 1.80. The number of hydrogen-bond donors (Lipinski definition) is 0. The lowest BCUT2D eigenvalue weighted by molar-refractivity contribution is 0.636. The van der Waals surface area contributed by atoms with Crippen LogP contribution in [-0.2, 0) is 0 Å². The maximum Gasteiger partial charge on any atom is 0.143 e. The minimum absolute atomic E-state index is 0.154. The van der Waals surface area contributed by atoms with Crippen molar-refractivity contribution in [3.8, 4) is 0 Å². The third kappa shape index (κ3) is 1.55. The van der Waals surface area contributed by atoms with Crippen molar-refractivity contribution in [2.45, 2.75) is 0 Å². The van der Waals surface area contributed by atoms with E-state index in [1.165, 1.54) is 6.07 Å². The van der Waals surface area contributed by atoms with E-state index in [2.05, 4.69) is 15.9 Å². The molecule has 1 aromatic rings. The van der Waals surface area contributed by atoms with Gasteiger partial charge in [0.25, 0.3) is 0 Å². The van der Waals surface area contributed by atoms with Gasteiger partial charge in [0.2, 0.25) is 0 Å². The van der Waals surface area contributed by atoms with Gasteiger partial charge in [-0.1, -0.05) is 27.5 Å². The van der Waals surface area contributed by atoms with Crippen LogP contribution in [0, 0.1) is 5.82 Å². The molecule has 0 saturated carbocycles. The van der Waals surface area contributed by atoms with Crippen molar-refractivity contribution in [1.82, 2.24) is 0 Å². The van der Waals surface area contributed by atoms with Gasteiger partial charge in [-0.15, -0.1) is 0 Å². The molecule has 0 nitrogen and oxygen atoms in total. The van der Waals surface area contributed by atoms with Crippen molar-refractivity contribution in [1.29, 1.82) is 0 Å². The smallest absolute Gasteiger partial charge is 0.143 e. The highest BCUT2D eigenvalue weighted by atomic mass is 79.9. The molecule has 0 aliphatic carbocycles. The fourth-order valence-corrected chi connectivity index (χ4v) is 1.08. The van der Waals surface area contributed by atoms with Crippen LogP contribution in [0.2, 0.25) is 0 Å². The van der Waals surface area contributed by atoms with Crippen molar-refractivity contribution in [2.75, 3.05) is 0 Å². The van der Waals surface area contributed by atoms with Crippen LogP contribution in [0.3, 0.4) is 0 Å². The molecular formula is C6H5BBrF. The Morgan fingerprint density at radius 1 is 1.44 bits per heavy atom. The van der Waals surface area contributed by atoms with Crippen LogP contribution in [0.25, 0.3) is 0 Å². The lowest BCUT2D eigenvalue weighted by atomic mass is 9.96. The van der Waals surface area contributed by atoms with E-state index in [4.69, 9.17) is 0 Å². The Kier molecular flexibility index (Phi) is 1.91. The molecule has 0 amide bonds. The van der Waals surface area contributed by atoms with Crippen LogP contribution in [-0.4, -0.2) is 7.85 Å². The molecule has 9 heavy (non-hydrogen) atoms. The van der Waals surface area contributed by atoms with E-state index in [0.29, 0.717) is 5.46 Å². The molecule has 3 heteroatoms. The second-order valence-electron chi connectivity index (χ2n) is 1.89. The van der Waals surface area contributed by atoms with Gasteiger partial charge >= 0.3 is 0 Å². The maximum atomic E-state index is 12.5. The van der Waals surface area contributed by atoms with Crippen LogP contribution in [0.15, 0.2) is 22.7 Å². The summed E-state index contributed by atoms with van der Waals surface area (Å²) < 4.78 is 13.4. The summed E-state index contributed by atoms with van der Waals surface area (Å²) in [4.78, 5) is 0. The van der Waals surface area contributed by atoms with Gasteiger partial charge in [-0.2, -0.15) is 0 Å². The average molecular weight is 187 g/mol. The third-order valence-corrected chi connectivity index (χ3v) is 1.61. The predicted molar refractivity (Wildman–Crippen MR) is 42.3 cm³/mol. The van der Waals surface area contributed by atoms with E-state index >= 15 is 0 Å². The summed E-state index contributed by atoms with van der Waals surface area (Å²) in [6.45, 7) is 0. The first-order valence-electron chi connectivity index (χ1n) is 2.62. The van der Waals surface area contributed by atoms with Gasteiger partial charge in [0.15, 0.2) is 0 Å². The fraction of sp³-hybridized carbons (Fsp3) is 0. The van der Waals surface area contributed by atoms with Gasteiger partial charge in [-0.25, -0.2) is 4.39 Å². The molecule has 0 aliphatic heterocycles. The minimum atomic E-state index is -0.154. The summed E-state index contributed by atoms with van der Waals surface area (Å²) in [7, 11) is 1.74. The van der Waals surface area contributed by atoms with E-state index in [9.17, 15) is 4.39 Å². The summed E-state index contributed by atoms with van der Waals surface area (Å²) in [5.41, 5.74) is 0.671. The van der Waals surface area contributed by atoms with Crippen molar-refractivity contribution in [3.63, 3.8) is 0 Å². The number of halogens is 2. The molecule has 0 fully saturated rings. The number of benzene rings is 1. The molecule has 0 heterocycles. The monoisotopic (exact) mass is 186 g/mol. The maximum absolute atomic E-state index is 12.5. The van der Waals surface area contributed by atoms with Crippen LogP contribution in [0.4, 0.5) is 4.39 Å². The topological polar surface area (TPSA) is 0 Å². The van der Waals surface area contributed by atoms with E-state index in [0.717, 1.165) is 4.47 Å². The highest BCUT2D eigenvalue weighted by molar-refractivity contribution is 9.10. The summed E-state index contributed by atoms with van der Waals surface area (Å²) in [6, 6.07) is 4.87. The molecule has 0 aromatic heterocycles. The van der Waals surface area contributed by atoms with Gasteiger partial charge in [0.05, 0.1) is 0 Å².